The Morgan fingerprint density at radius 2 is 2.21 bits per heavy atom. The Labute approximate surface area is 96.7 Å². The molecule has 0 amide bonds. The molecular formula is C10H13FINO. The van der Waals surface area contributed by atoms with Crippen LogP contribution in [0.5, 0.6) is 0 Å². The van der Waals surface area contributed by atoms with Gasteiger partial charge in [0.2, 0.25) is 0 Å². The second-order valence-electron chi connectivity index (χ2n) is 2.99. The third-order valence-electron chi connectivity index (χ3n) is 1.84. The van der Waals surface area contributed by atoms with Gasteiger partial charge in [0.1, 0.15) is 5.82 Å². The molecule has 0 aliphatic rings. The molecule has 0 radical (unpaired) electrons. The molecule has 0 fully saturated rings. The number of aliphatic hydroxyl groups excluding tert-OH is 1. The summed E-state index contributed by atoms with van der Waals surface area (Å²) < 4.78 is 13.7. The molecule has 0 bridgehead atoms. The van der Waals surface area contributed by atoms with E-state index < -0.39 is 0 Å². The first kappa shape index (κ1) is 11.9. The van der Waals surface area contributed by atoms with Crippen molar-refractivity contribution < 1.29 is 9.50 Å². The Hall–Kier alpha value is -0.200. The van der Waals surface area contributed by atoms with Crippen LogP contribution < -0.4 is 5.32 Å². The van der Waals surface area contributed by atoms with Crippen molar-refractivity contribution in [2.24, 2.45) is 0 Å². The molecule has 14 heavy (non-hydrogen) atoms. The highest BCUT2D eigenvalue weighted by Gasteiger charge is 2.00. The summed E-state index contributed by atoms with van der Waals surface area (Å²) in [6.45, 7) is 1.70. The van der Waals surface area contributed by atoms with Crippen LogP contribution in [0.2, 0.25) is 0 Å². The summed E-state index contributed by atoms with van der Waals surface area (Å²) in [6.07, 6.45) is 0.748. The molecule has 0 atom stereocenters. The van der Waals surface area contributed by atoms with Crippen LogP contribution in [0.15, 0.2) is 18.2 Å². The van der Waals surface area contributed by atoms with Gasteiger partial charge in [-0.05, 0) is 53.3 Å². The van der Waals surface area contributed by atoms with E-state index in [1.54, 1.807) is 6.07 Å². The number of aliphatic hydroxyl groups is 1. The van der Waals surface area contributed by atoms with E-state index in [-0.39, 0.29) is 12.4 Å². The fourth-order valence-electron chi connectivity index (χ4n) is 1.09. The van der Waals surface area contributed by atoms with Crippen LogP contribution in [0.1, 0.15) is 12.0 Å². The minimum absolute atomic E-state index is 0.200. The van der Waals surface area contributed by atoms with Crippen molar-refractivity contribution in [3.63, 3.8) is 0 Å². The van der Waals surface area contributed by atoms with Gasteiger partial charge in [0.05, 0.1) is 0 Å². The molecule has 0 aliphatic heterocycles. The highest BCUT2D eigenvalue weighted by molar-refractivity contribution is 14.1. The van der Waals surface area contributed by atoms with Crippen LogP contribution in [0.3, 0.4) is 0 Å². The Morgan fingerprint density at radius 3 is 2.86 bits per heavy atom. The van der Waals surface area contributed by atoms with Crippen LogP contribution in [0.4, 0.5) is 4.39 Å². The van der Waals surface area contributed by atoms with E-state index in [0.29, 0.717) is 0 Å². The Kier molecular flexibility index (Phi) is 5.36. The van der Waals surface area contributed by atoms with Gasteiger partial charge < -0.3 is 10.4 Å². The summed E-state index contributed by atoms with van der Waals surface area (Å²) in [6, 6.07) is 4.76. The Bertz CT molecular complexity index is 293. The first-order valence-corrected chi connectivity index (χ1v) is 5.57. The average molecular weight is 309 g/mol. The van der Waals surface area contributed by atoms with Gasteiger partial charge in [-0.25, -0.2) is 4.39 Å². The SMILES string of the molecule is OCCCNCc1ccc(F)cc1I. The number of benzene rings is 1. The van der Waals surface area contributed by atoms with Gasteiger partial charge in [0, 0.05) is 16.7 Å². The lowest BCUT2D eigenvalue weighted by Crippen LogP contribution is -2.16. The third kappa shape index (κ3) is 3.89. The molecular weight excluding hydrogens is 296 g/mol. The van der Waals surface area contributed by atoms with E-state index in [9.17, 15) is 4.39 Å². The van der Waals surface area contributed by atoms with Gasteiger partial charge in [0.15, 0.2) is 0 Å². The van der Waals surface area contributed by atoms with E-state index in [0.717, 1.165) is 28.6 Å². The van der Waals surface area contributed by atoms with Crippen LogP contribution in [0.25, 0.3) is 0 Å². The molecule has 2 nitrogen and oxygen atoms in total. The standard InChI is InChI=1S/C10H13FINO/c11-9-3-2-8(10(12)6-9)7-13-4-1-5-14/h2-3,6,13-14H,1,4-5,7H2. The summed E-state index contributed by atoms with van der Waals surface area (Å²) in [5.41, 5.74) is 1.09. The van der Waals surface area contributed by atoms with Crippen LogP contribution >= 0.6 is 22.6 Å². The summed E-state index contributed by atoms with van der Waals surface area (Å²) in [7, 11) is 0. The topological polar surface area (TPSA) is 32.3 Å². The van der Waals surface area contributed by atoms with Crippen LogP contribution in [-0.4, -0.2) is 18.3 Å². The lowest BCUT2D eigenvalue weighted by Gasteiger charge is -2.05. The van der Waals surface area contributed by atoms with Gasteiger partial charge in [-0.15, -0.1) is 0 Å². The van der Waals surface area contributed by atoms with E-state index in [4.69, 9.17) is 5.11 Å². The van der Waals surface area contributed by atoms with Crippen molar-refractivity contribution in [2.75, 3.05) is 13.2 Å². The number of nitrogens with one attached hydrogen (secondary N) is 1. The maximum atomic E-state index is 12.7. The zero-order valence-corrected chi connectivity index (χ0v) is 9.92. The van der Waals surface area contributed by atoms with Gasteiger partial charge in [-0.3, -0.25) is 0 Å². The average Bonchev–Trinajstić information content (AvgIpc) is 2.15. The highest BCUT2D eigenvalue weighted by Crippen LogP contribution is 2.13. The highest BCUT2D eigenvalue weighted by atomic mass is 127. The molecule has 0 aromatic heterocycles. The maximum absolute atomic E-state index is 12.7. The largest absolute Gasteiger partial charge is 0.396 e. The maximum Gasteiger partial charge on any atom is 0.124 e. The second-order valence-corrected chi connectivity index (χ2v) is 4.15. The summed E-state index contributed by atoms with van der Waals surface area (Å²) >= 11 is 2.12. The predicted molar refractivity (Wildman–Crippen MR) is 62.5 cm³/mol. The number of hydrogen-bond donors (Lipinski definition) is 2. The Balaban J connectivity index is 2.42. The molecule has 78 valence electrons. The van der Waals surface area contributed by atoms with E-state index in [1.165, 1.54) is 12.1 Å². The van der Waals surface area contributed by atoms with Crippen LogP contribution in [-0.2, 0) is 6.54 Å². The van der Waals surface area contributed by atoms with E-state index in [1.807, 2.05) is 0 Å². The van der Waals surface area contributed by atoms with E-state index in [2.05, 4.69) is 27.9 Å². The molecule has 1 aromatic rings. The summed E-state index contributed by atoms with van der Waals surface area (Å²) in [4.78, 5) is 0. The van der Waals surface area contributed by atoms with Gasteiger partial charge >= 0.3 is 0 Å². The van der Waals surface area contributed by atoms with Gasteiger partial charge in [-0.2, -0.15) is 0 Å². The lowest BCUT2D eigenvalue weighted by atomic mass is 10.2. The first-order valence-electron chi connectivity index (χ1n) is 4.49. The molecule has 1 rings (SSSR count). The summed E-state index contributed by atoms with van der Waals surface area (Å²) in [5.74, 6) is -0.200. The minimum atomic E-state index is -0.200. The number of rotatable bonds is 5. The molecule has 1 aromatic carbocycles. The zero-order chi connectivity index (χ0) is 10.4. The molecule has 0 saturated heterocycles. The van der Waals surface area contributed by atoms with Crippen molar-refractivity contribution in [1.82, 2.24) is 5.32 Å². The van der Waals surface area contributed by atoms with Crippen molar-refractivity contribution in [3.05, 3.63) is 33.1 Å². The fourth-order valence-corrected chi connectivity index (χ4v) is 1.76. The van der Waals surface area contributed by atoms with Crippen molar-refractivity contribution in [2.45, 2.75) is 13.0 Å². The van der Waals surface area contributed by atoms with Gasteiger partial charge in [0.25, 0.3) is 0 Å². The van der Waals surface area contributed by atoms with Crippen molar-refractivity contribution in [1.29, 1.82) is 0 Å². The minimum Gasteiger partial charge on any atom is -0.396 e. The van der Waals surface area contributed by atoms with Gasteiger partial charge in [-0.1, -0.05) is 6.07 Å². The van der Waals surface area contributed by atoms with Crippen molar-refractivity contribution in [3.8, 4) is 0 Å². The lowest BCUT2D eigenvalue weighted by molar-refractivity contribution is 0.286. The zero-order valence-electron chi connectivity index (χ0n) is 7.76. The molecule has 0 heterocycles. The number of hydrogen-bond acceptors (Lipinski definition) is 2. The third-order valence-corrected chi connectivity index (χ3v) is 2.85. The normalized spacial score (nSPS) is 10.5. The summed E-state index contributed by atoms with van der Waals surface area (Å²) in [5, 5.41) is 11.7. The second kappa shape index (κ2) is 6.31. The quantitative estimate of drug-likeness (QED) is 0.643. The first-order chi connectivity index (χ1) is 6.74. The molecule has 4 heteroatoms. The Morgan fingerprint density at radius 1 is 1.43 bits per heavy atom. The molecule has 0 spiro atoms. The fraction of sp³-hybridized carbons (Fsp3) is 0.400. The monoisotopic (exact) mass is 309 g/mol. The molecule has 0 aliphatic carbocycles. The smallest absolute Gasteiger partial charge is 0.124 e. The number of halogens is 2. The molecule has 0 unspecified atom stereocenters. The molecule has 0 saturated carbocycles. The predicted octanol–water partition coefficient (Wildman–Crippen LogP) is 1.90. The van der Waals surface area contributed by atoms with Crippen molar-refractivity contribution >= 4 is 22.6 Å². The van der Waals surface area contributed by atoms with E-state index >= 15 is 0 Å². The van der Waals surface area contributed by atoms with Crippen LogP contribution in [0, 0.1) is 9.39 Å². The molecule has 2 N–H and O–H groups in total.